The lowest BCUT2D eigenvalue weighted by atomic mass is 10.0. The summed E-state index contributed by atoms with van der Waals surface area (Å²) in [5.41, 5.74) is -0.719. The lowest BCUT2D eigenvalue weighted by Gasteiger charge is -2.37. The van der Waals surface area contributed by atoms with Gasteiger partial charge >= 0.3 is 0 Å². The van der Waals surface area contributed by atoms with Crippen molar-refractivity contribution in [1.82, 2.24) is 0 Å². The third-order valence-corrected chi connectivity index (χ3v) is 2.25. The molecule has 0 aromatic rings. The number of hydrogen-bond donors (Lipinski definition) is 4. The minimum absolute atomic E-state index is 0.490. The minimum atomic E-state index is -1.17. The summed E-state index contributed by atoms with van der Waals surface area (Å²) < 4.78 is 4.99. The first kappa shape index (κ1) is 9.28. The number of aliphatic hydroxyl groups is 3. The van der Waals surface area contributed by atoms with Crippen LogP contribution in [-0.4, -0.2) is 45.2 Å². The zero-order valence-electron chi connectivity index (χ0n) is 6.08. The summed E-state index contributed by atoms with van der Waals surface area (Å²) in [4.78, 5) is 0. The summed E-state index contributed by atoms with van der Waals surface area (Å²) >= 11 is 3.87. The van der Waals surface area contributed by atoms with E-state index in [1.807, 2.05) is 0 Å². The Labute approximate surface area is 70.2 Å². The average molecular weight is 180 g/mol. The van der Waals surface area contributed by atoms with Gasteiger partial charge in [-0.3, -0.25) is 0 Å². The number of hydrogen-bond acceptors (Lipinski definition) is 5. The number of aliphatic hydroxyl groups excluding tert-OH is 3. The molecule has 11 heavy (non-hydrogen) atoms. The van der Waals surface area contributed by atoms with Crippen LogP contribution in [0, 0.1) is 0 Å². The SMILES string of the molecule is C[C@@H]1OC(S)[C@H](O)[C@H](O)[C@H]1O. The third kappa shape index (κ3) is 1.68. The summed E-state index contributed by atoms with van der Waals surface area (Å²) in [5, 5.41) is 27.4. The van der Waals surface area contributed by atoms with E-state index in [-0.39, 0.29) is 0 Å². The fourth-order valence-electron chi connectivity index (χ4n) is 1.03. The molecule has 0 saturated carbocycles. The molecule has 1 aliphatic rings. The van der Waals surface area contributed by atoms with Gasteiger partial charge in [-0.05, 0) is 6.92 Å². The summed E-state index contributed by atoms with van der Waals surface area (Å²) in [7, 11) is 0. The molecule has 0 spiro atoms. The molecule has 1 heterocycles. The van der Waals surface area contributed by atoms with Crippen LogP contribution >= 0.6 is 12.6 Å². The van der Waals surface area contributed by atoms with Crippen molar-refractivity contribution in [2.24, 2.45) is 0 Å². The van der Waals surface area contributed by atoms with Crippen molar-refractivity contribution >= 4 is 12.6 Å². The number of rotatable bonds is 0. The molecule has 1 fully saturated rings. The zero-order chi connectivity index (χ0) is 8.59. The molecule has 1 rings (SSSR count). The molecular formula is C6H12O4S. The maximum absolute atomic E-state index is 9.17. The first-order chi connectivity index (χ1) is 5.04. The second kappa shape index (κ2) is 3.28. The highest BCUT2D eigenvalue weighted by Gasteiger charge is 2.39. The highest BCUT2D eigenvalue weighted by atomic mass is 32.1. The third-order valence-electron chi connectivity index (χ3n) is 1.83. The van der Waals surface area contributed by atoms with Crippen LogP contribution in [0.4, 0.5) is 0 Å². The summed E-state index contributed by atoms with van der Waals surface area (Å²) in [6.07, 6.45) is -3.81. The predicted molar refractivity (Wildman–Crippen MR) is 41.3 cm³/mol. The molecule has 1 unspecified atom stereocenters. The van der Waals surface area contributed by atoms with Crippen molar-refractivity contribution in [3.8, 4) is 0 Å². The van der Waals surface area contributed by atoms with E-state index >= 15 is 0 Å². The summed E-state index contributed by atoms with van der Waals surface area (Å²) in [5.74, 6) is 0. The van der Waals surface area contributed by atoms with Crippen molar-refractivity contribution in [2.75, 3.05) is 0 Å². The Morgan fingerprint density at radius 3 is 2.18 bits per heavy atom. The lowest BCUT2D eigenvalue weighted by molar-refractivity contribution is -0.191. The lowest BCUT2D eigenvalue weighted by Crippen LogP contribution is -2.54. The Morgan fingerprint density at radius 1 is 1.09 bits per heavy atom. The minimum Gasteiger partial charge on any atom is -0.388 e. The van der Waals surface area contributed by atoms with Gasteiger partial charge in [0, 0.05) is 0 Å². The van der Waals surface area contributed by atoms with E-state index in [2.05, 4.69) is 12.6 Å². The smallest absolute Gasteiger partial charge is 0.129 e. The van der Waals surface area contributed by atoms with Gasteiger partial charge < -0.3 is 20.1 Å². The van der Waals surface area contributed by atoms with Gasteiger partial charge in [0.25, 0.3) is 0 Å². The van der Waals surface area contributed by atoms with Crippen molar-refractivity contribution in [1.29, 1.82) is 0 Å². The molecule has 5 heteroatoms. The molecule has 0 amide bonds. The maximum Gasteiger partial charge on any atom is 0.129 e. The fourth-order valence-corrected chi connectivity index (χ4v) is 1.40. The van der Waals surface area contributed by atoms with Gasteiger partial charge in [0.2, 0.25) is 0 Å². The monoisotopic (exact) mass is 180 g/mol. The molecule has 0 aromatic heterocycles. The number of thiol groups is 1. The van der Waals surface area contributed by atoms with Crippen LogP contribution in [0.2, 0.25) is 0 Å². The molecular weight excluding hydrogens is 168 g/mol. The molecule has 0 radical (unpaired) electrons. The van der Waals surface area contributed by atoms with Crippen LogP contribution in [-0.2, 0) is 4.74 Å². The van der Waals surface area contributed by atoms with Gasteiger partial charge in [0.15, 0.2) is 0 Å². The Bertz CT molecular complexity index is 129. The van der Waals surface area contributed by atoms with Gasteiger partial charge in [-0.25, -0.2) is 0 Å². The Balaban J connectivity index is 2.63. The van der Waals surface area contributed by atoms with Gasteiger partial charge in [-0.2, -0.15) is 0 Å². The van der Waals surface area contributed by atoms with Crippen molar-refractivity contribution in [3.05, 3.63) is 0 Å². The average Bonchev–Trinajstić information content (AvgIpc) is 1.97. The topological polar surface area (TPSA) is 69.9 Å². The molecule has 0 aliphatic carbocycles. The quantitative estimate of drug-likeness (QED) is 0.351. The van der Waals surface area contributed by atoms with E-state index in [1.54, 1.807) is 6.92 Å². The van der Waals surface area contributed by atoms with Crippen LogP contribution in [0.15, 0.2) is 0 Å². The zero-order valence-corrected chi connectivity index (χ0v) is 6.98. The fraction of sp³-hybridized carbons (Fsp3) is 1.00. The summed E-state index contributed by atoms with van der Waals surface area (Å²) in [6, 6.07) is 0. The highest BCUT2D eigenvalue weighted by Crippen LogP contribution is 2.22. The Kier molecular flexibility index (Phi) is 2.77. The van der Waals surface area contributed by atoms with Crippen LogP contribution in [0.3, 0.4) is 0 Å². The van der Waals surface area contributed by atoms with Crippen molar-refractivity contribution in [2.45, 2.75) is 36.8 Å². The first-order valence-corrected chi connectivity index (χ1v) is 3.93. The van der Waals surface area contributed by atoms with Crippen molar-refractivity contribution in [3.63, 3.8) is 0 Å². The Hall–Kier alpha value is 0.190. The standard InChI is InChI=1S/C6H12O4S/c1-2-3(7)4(8)5(9)6(11)10-2/h2-9,11H,1H3/t2-,3-,4+,5+,6?/m0/s1. The first-order valence-electron chi connectivity index (χ1n) is 3.41. The Morgan fingerprint density at radius 2 is 1.64 bits per heavy atom. The normalized spacial score (nSPS) is 52.6. The van der Waals surface area contributed by atoms with Gasteiger partial charge in [0.1, 0.15) is 23.7 Å². The van der Waals surface area contributed by atoms with Gasteiger partial charge in [-0.15, -0.1) is 12.6 Å². The summed E-state index contributed by atoms with van der Waals surface area (Å²) in [6.45, 7) is 1.61. The largest absolute Gasteiger partial charge is 0.388 e. The van der Waals surface area contributed by atoms with E-state index in [9.17, 15) is 0 Å². The van der Waals surface area contributed by atoms with Crippen molar-refractivity contribution < 1.29 is 20.1 Å². The molecule has 3 N–H and O–H groups in total. The highest BCUT2D eigenvalue weighted by molar-refractivity contribution is 7.80. The molecule has 0 aromatic carbocycles. The predicted octanol–water partition coefficient (Wildman–Crippen LogP) is -1.26. The van der Waals surface area contributed by atoms with Crippen LogP contribution in [0.5, 0.6) is 0 Å². The maximum atomic E-state index is 9.17. The molecule has 1 saturated heterocycles. The molecule has 1 aliphatic heterocycles. The van der Waals surface area contributed by atoms with Crippen LogP contribution in [0.1, 0.15) is 6.92 Å². The van der Waals surface area contributed by atoms with Crippen LogP contribution < -0.4 is 0 Å². The van der Waals surface area contributed by atoms with E-state index < -0.39 is 29.9 Å². The van der Waals surface area contributed by atoms with E-state index in [4.69, 9.17) is 20.1 Å². The van der Waals surface area contributed by atoms with Crippen LogP contribution in [0.25, 0.3) is 0 Å². The second-order valence-corrected chi connectivity index (χ2v) is 3.21. The molecule has 66 valence electrons. The van der Waals surface area contributed by atoms with E-state index in [0.717, 1.165) is 0 Å². The van der Waals surface area contributed by atoms with E-state index in [1.165, 1.54) is 0 Å². The molecule has 4 nitrogen and oxygen atoms in total. The molecule has 5 atom stereocenters. The molecule has 0 bridgehead atoms. The van der Waals surface area contributed by atoms with Gasteiger partial charge in [-0.1, -0.05) is 0 Å². The second-order valence-electron chi connectivity index (χ2n) is 2.70. The van der Waals surface area contributed by atoms with E-state index in [0.29, 0.717) is 0 Å². The van der Waals surface area contributed by atoms with Gasteiger partial charge in [0.05, 0.1) is 6.10 Å². The number of ether oxygens (including phenoxy) is 1.